The smallest absolute Gasteiger partial charge is 0.308 e. The molecule has 0 fully saturated rings. The van der Waals surface area contributed by atoms with Crippen LogP contribution in [0.15, 0.2) is 35.3 Å². The first-order valence-electron chi connectivity index (χ1n) is 5.36. The topological polar surface area (TPSA) is 70.2 Å². The first kappa shape index (κ1) is 13.6. The average molecular weight is 298 g/mol. The van der Waals surface area contributed by atoms with Gasteiger partial charge in [0.25, 0.3) is 5.56 Å². The summed E-state index contributed by atoms with van der Waals surface area (Å²) >= 11 is 12.0. The van der Waals surface area contributed by atoms with Crippen LogP contribution in [0.3, 0.4) is 0 Å². The highest BCUT2D eigenvalue weighted by Gasteiger charge is 2.10. The number of nitrogens with one attached hydrogen (secondary N) is 1. The minimum Gasteiger partial charge on any atom is -0.481 e. The number of carboxylic acids is 1. The van der Waals surface area contributed by atoms with Crippen LogP contribution in [0.4, 0.5) is 0 Å². The molecule has 0 bridgehead atoms. The lowest BCUT2D eigenvalue weighted by Crippen LogP contribution is -2.15. The first-order chi connectivity index (χ1) is 8.97. The molecule has 2 N–H and O–H groups in total. The van der Waals surface area contributed by atoms with Crippen LogP contribution in [0.2, 0.25) is 10.0 Å². The number of aromatic amines is 1. The summed E-state index contributed by atoms with van der Waals surface area (Å²) in [6.45, 7) is 0. The molecule has 0 amide bonds. The lowest BCUT2D eigenvalue weighted by molar-refractivity contribution is -0.136. The van der Waals surface area contributed by atoms with Crippen LogP contribution in [0.1, 0.15) is 5.56 Å². The highest BCUT2D eigenvalue weighted by Crippen LogP contribution is 2.30. The summed E-state index contributed by atoms with van der Waals surface area (Å²) in [7, 11) is 0. The molecule has 2 rings (SSSR count). The van der Waals surface area contributed by atoms with Gasteiger partial charge in [0.15, 0.2) is 0 Å². The third-order valence-electron chi connectivity index (χ3n) is 2.56. The van der Waals surface area contributed by atoms with Gasteiger partial charge in [0.2, 0.25) is 0 Å². The fourth-order valence-electron chi connectivity index (χ4n) is 1.70. The van der Waals surface area contributed by atoms with Crippen LogP contribution in [0.25, 0.3) is 11.1 Å². The molecule has 0 aliphatic carbocycles. The van der Waals surface area contributed by atoms with E-state index in [9.17, 15) is 9.59 Å². The average Bonchev–Trinajstić information content (AvgIpc) is 2.34. The molecule has 0 saturated heterocycles. The van der Waals surface area contributed by atoms with E-state index in [1.807, 2.05) is 0 Å². The Morgan fingerprint density at radius 3 is 2.68 bits per heavy atom. The Morgan fingerprint density at radius 2 is 2.00 bits per heavy atom. The molecule has 1 aromatic carbocycles. The number of benzene rings is 1. The summed E-state index contributed by atoms with van der Waals surface area (Å²) in [5.74, 6) is -1.07. The molecule has 0 unspecified atom stereocenters. The molecule has 0 atom stereocenters. The van der Waals surface area contributed by atoms with E-state index in [1.54, 1.807) is 18.2 Å². The number of pyridine rings is 1. The van der Waals surface area contributed by atoms with E-state index < -0.39 is 11.5 Å². The lowest BCUT2D eigenvalue weighted by Gasteiger charge is -2.06. The van der Waals surface area contributed by atoms with E-state index in [0.717, 1.165) is 0 Å². The van der Waals surface area contributed by atoms with E-state index in [0.29, 0.717) is 21.2 Å². The molecule has 6 heteroatoms. The SMILES string of the molecule is O=C(O)Cc1cc(-c2cc(Cl)ccc2Cl)c[nH]c1=O. The summed E-state index contributed by atoms with van der Waals surface area (Å²) in [5.41, 5.74) is 0.991. The van der Waals surface area contributed by atoms with Crippen LogP contribution < -0.4 is 5.56 Å². The predicted molar refractivity (Wildman–Crippen MR) is 73.9 cm³/mol. The maximum absolute atomic E-state index is 11.5. The normalized spacial score (nSPS) is 10.4. The standard InChI is InChI=1S/C13H9Cl2NO3/c14-9-1-2-11(15)10(5-9)8-3-7(4-12(17)18)13(19)16-6-8/h1-3,5-6H,4H2,(H,16,19)(H,17,18). The number of rotatable bonds is 3. The van der Waals surface area contributed by atoms with E-state index in [4.69, 9.17) is 28.3 Å². The second-order valence-electron chi connectivity index (χ2n) is 3.94. The Balaban J connectivity index is 2.54. The van der Waals surface area contributed by atoms with Gasteiger partial charge in [-0.1, -0.05) is 23.2 Å². The Hall–Kier alpha value is -1.78. The third-order valence-corrected chi connectivity index (χ3v) is 3.13. The second-order valence-corrected chi connectivity index (χ2v) is 4.78. The van der Waals surface area contributed by atoms with Crippen LogP contribution in [0, 0.1) is 0 Å². The Bertz CT molecular complexity index is 695. The molecule has 0 saturated carbocycles. The van der Waals surface area contributed by atoms with Crippen molar-refractivity contribution in [1.29, 1.82) is 0 Å². The maximum atomic E-state index is 11.5. The van der Waals surface area contributed by atoms with E-state index in [2.05, 4.69) is 4.98 Å². The Morgan fingerprint density at radius 1 is 1.26 bits per heavy atom. The fourth-order valence-corrected chi connectivity index (χ4v) is 2.10. The van der Waals surface area contributed by atoms with Gasteiger partial charge >= 0.3 is 5.97 Å². The van der Waals surface area contributed by atoms with Gasteiger partial charge in [0.05, 0.1) is 6.42 Å². The fraction of sp³-hybridized carbons (Fsp3) is 0.0769. The van der Waals surface area contributed by atoms with Gasteiger partial charge in [-0.15, -0.1) is 0 Å². The van der Waals surface area contributed by atoms with Gasteiger partial charge in [-0.25, -0.2) is 0 Å². The Labute approximate surface area is 118 Å². The number of aromatic nitrogens is 1. The van der Waals surface area contributed by atoms with Gasteiger partial charge < -0.3 is 10.1 Å². The van der Waals surface area contributed by atoms with Crippen molar-refractivity contribution in [2.24, 2.45) is 0 Å². The third kappa shape index (κ3) is 3.16. The zero-order valence-corrected chi connectivity index (χ0v) is 11.1. The zero-order valence-electron chi connectivity index (χ0n) is 9.61. The first-order valence-corrected chi connectivity index (χ1v) is 6.12. The molecule has 0 spiro atoms. The Kier molecular flexibility index (Phi) is 3.93. The zero-order chi connectivity index (χ0) is 14.0. The van der Waals surface area contributed by atoms with Crippen LogP contribution in [-0.4, -0.2) is 16.1 Å². The van der Waals surface area contributed by atoms with Crippen molar-refractivity contribution in [3.8, 4) is 11.1 Å². The monoisotopic (exact) mass is 297 g/mol. The van der Waals surface area contributed by atoms with Crippen molar-refractivity contribution in [2.45, 2.75) is 6.42 Å². The predicted octanol–water partition coefficient (Wildman–Crippen LogP) is 2.98. The second kappa shape index (κ2) is 5.47. The number of H-pyrrole nitrogens is 1. The summed E-state index contributed by atoms with van der Waals surface area (Å²) in [6, 6.07) is 6.45. The minimum atomic E-state index is -1.07. The van der Waals surface area contributed by atoms with E-state index >= 15 is 0 Å². The summed E-state index contributed by atoms with van der Waals surface area (Å²) in [5, 5.41) is 9.73. The van der Waals surface area contributed by atoms with Gasteiger partial charge in [-0.05, 0) is 29.8 Å². The molecule has 1 heterocycles. The van der Waals surface area contributed by atoms with Gasteiger partial charge in [0, 0.05) is 27.4 Å². The number of carbonyl (C=O) groups is 1. The number of aliphatic carboxylic acids is 1. The van der Waals surface area contributed by atoms with Crippen molar-refractivity contribution in [2.75, 3.05) is 0 Å². The number of carboxylic acid groups (broad SMARTS) is 1. The minimum absolute atomic E-state index is 0.168. The van der Waals surface area contributed by atoms with Crippen molar-refractivity contribution < 1.29 is 9.90 Å². The molecular weight excluding hydrogens is 289 g/mol. The van der Waals surface area contributed by atoms with Crippen LogP contribution in [0.5, 0.6) is 0 Å². The molecule has 0 aliphatic rings. The van der Waals surface area contributed by atoms with Gasteiger partial charge in [-0.3, -0.25) is 9.59 Å². The highest BCUT2D eigenvalue weighted by molar-refractivity contribution is 6.35. The van der Waals surface area contributed by atoms with Gasteiger partial charge in [0.1, 0.15) is 0 Å². The van der Waals surface area contributed by atoms with Crippen molar-refractivity contribution >= 4 is 29.2 Å². The number of halogens is 2. The van der Waals surface area contributed by atoms with Crippen molar-refractivity contribution in [3.63, 3.8) is 0 Å². The van der Waals surface area contributed by atoms with Gasteiger partial charge in [-0.2, -0.15) is 0 Å². The molecule has 2 aromatic rings. The quantitative estimate of drug-likeness (QED) is 0.915. The molecule has 4 nitrogen and oxygen atoms in total. The molecule has 1 aromatic heterocycles. The molecule has 0 aliphatic heterocycles. The summed E-state index contributed by atoms with van der Waals surface area (Å²) in [6.07, 6.45) is 1.13. The van der Waals surface area contributed by atoms with E-state index in [1.165, 1.54) is 12.3 Å². The largest absolute Gasteiger partial charge is 0.481 e. The summed E-state index contributed by atoms with van der Waals surface area (Å²) in [4.78, 5) is 24.7. The van der Waals surface area contributed by atoms with Crippen molar-refractivity contribution in [1.82, 2.24) is 4.98 Å². The van der Waals surface area contributed by atoms with Crippen LogP contribution in [-0.2, 0) is 11.2 Å². The molecule has 98 valence electrons. The maximum Gasteiger partial charge on any atom is 0.308 e. The molecule has 19 heavy (non-hydrogen) atoms. The molecule has 0 radical (unpaired) electrons. The highest BCUT2D eigenvalue weighted by atomic mass is 35.5. The molecular formula is C13H9Cl2NO3. The number of hydrogen-bond acceptors (Lipinski definition) is 2. The van der Waals surface area contributed by atoms with Crippen LogP contribution >= 0.6 is 23.2 Å². The van der Waals surface area contributed by atoms with E-state index in [-0.39, 0.29) is 12.0 Å². The lowest BCUT2D eigenvalue weighted by atomic mass is 10.0. The summed E-state index contributed by atoms with van der Waals surface area (Å²) < 4.78 is 0. The van der Waals surface area contributed by atoms with Crippen molar-refractivity contribution in [3.05, 3.63) is 56.4 Å². The number of hydrogen-bond donors (Lipinski definition) is 2.